The van der Waals surface area contributed by atoms with Gasteiger partial charge >= 0.3 is 0 Å². The van der Waals surface area contributed by atoms with E-state index < -0.39 is 0 Å². The van der Waals surface area contributed by atoms with E-state index in [9.17, 15) is 0 Å². The van der Waals surface area contributed by atoms with Gasteiger partial charge in [-0.05, 0) is 20.9 Å². The van der Waals surface area contributed by atoms with Gasteiger partial charge < -0.3 is 14.2 Å². The average Bonchev–Trinajstić information content (AvgIpc) is 2.91. The lowest BCUT2D eigenvalue weighted by Crippen LogP contribution is -2.21. The number of rotatable bonds is 4. The van der Waals surface area contributed by atoms with Gasteiger partial charge in [0, 0.05) is 19.8 Å². The summed E-state index contributed by atoms with van der Waals surface area (Å²) in [6.07, 6.45) is 1.72. The zero-order valence-corrected chi connectivity index (χ0v) is 13.1. The molecule has 0 aliphatic heterocycles. The van der Waals surface area contributed by atoms with Crippen molar-refractivity contribution in [3.8, 4) is 0 Å². The van der Waals surface area contributed by atoms with Gasteiger partial charge in [-0.1, -0.05) is 0 Å². The first-order chi connectivity index (χ1) is 9.90. The van der Waals surface area contributed by atoms with Gasteiger partial charge in [0.25, 0.3) is 6.47 Å². The highest BCUT2D eigenvalue weighted by molar-refractivity contribution is 5.32. The monoisotopic (exact) mass is 294 g/mol. The summed E-state index contributed by atoms with van der Waals surface area (Å²) in [5, 5.41) is 14.9. The number of hydrogen-bond donors (Lipinski definition) is 1. The van der Waals surface area contributed by atoms with Gasteiger partial charge in [-0.2, -0.15) is 0 Å². The summed E-state index contributed by atoms with van der Waals surface area (Å²) in [6, 6.07) is 0. The third-order valence-electron chi connectivity index (χ3n) is 3.34. The molecule has 0 radical (unpaired) electrons. The number of aromatic nitrogens is 5. The van der Waals surface area contributed by atoms with Crippen LogP contribution in [0, 0.1) is 13.8 Å². The van der Waals surface area contributed by atoms with Gasteiger partial charge in [0.05, 0.1) is 18.8 Å². The van der Waals surface area contributed by atoms with Crippen molar-refractivity contribution in [3.63, 3.8) is 0 Å². The maximum Gasteiger partial charge on any atom is 0.290 e. The number of hydrogen-bond acceptors (Lipinski definition) is 5. The van der Waals surface area contributed by atoms with Crippen LogP contribution in [0.15, 0.2) is 6.33 Å². The molecule has 0 amide bonds. The van der Waals surface area contributed by atoms with E-state index in [1.165, 1.54) is 5.69 Å². The Kier molecular flexibility index (Phi) is 6.04. The van der Waals surface area contributed by atoms with Crippen molar-refractivity contribution < 1.29 is 9.90 Å². The molecule has 2 aromatic rings. The molecule has 0 saturated heterocycles. The number of aryl methyl sites for hydroxylation is 2. The van der Waals surface area contributed by atoms with Gasteiger partial charge in [0.15, 0.2) is 0 Å². The molecule has 0 atom stereocenters. The number of nitrogens with zero attached hydrogens (tertiary/aromatic N) is 6. The van der Waals surface area contributed by atoms with E-state index in [-0.39, 0.29) is 6.47 Å². The van der Waals surface area contributed by atoms with E-state index in [0.29, 0.717) is 0 Å². The van der Waals surface area contributed by atoms with Crippen molar-refractivity contribution in [3.05, 3.63) is 29.4 Å². The summed E-state index contributed by atoms with van der Waals surface area (Å²) in [6.45, 7) is 5.45. The average molecular weight is 294 g/mol. The molecule has 21 heavy (non-hydrogen) atoms. The van der Waals surface area contributed by atoms with E-state index >= 15 is 0 Å². The van der Waals surface area contributed by atoms with Gasteiger partial charge in [0.1, 0.15) is 18.0 Å². The van der Waals surface area contributed by atoms with Crippen LogP contribution in [-0.4, -0.2) is 47.8 Å². The molecule has 2 aromatic heterocycles. The molecule has 0 aliphatic rings. The predicted octanol–water partition coefficient (Wildman–Crippen LogP) is 0.498. The van der Waals surface area contributed by atoms with Crippen LogP contribution in [0.4, 0.5) is 0 Å². The summed E-state index contributed by atoms with van der Waals surface area (Å²) < 4.78 is 4.08. The Balaban J connectivity index is 0.000000677. The Morgan fingerprint density at radius 2 is 1.86 bits per heavy atom. The molecule has 0 unspecified atom stereocenters. The van der Waals surface area contributed by atoms with Crippen molar-refractivity contribution in [2.45, 2.75) is 26.9 Å². The summed E-state index contributed by atoms with van der Waals surface area (Å²) in [4.78, 5) is 15.1. The van der Waals surface area contributed by atoms with Crippen molar-refractivity contribution in [2.75, 3.05) is 7.05 Å². The van der Waals surface area contributed by atoms with E-state index in [1.54, 1.807) is 6.33 Å². The highest BCUT2D eigenvalue weighted by atomic mass is 16.3. The molecular weight excluding hydrogens is 272 g/mol. The fourth-order valence-electron chi connectivity index (χ4n) is 1.92. The van der Waals surface area contributed by atoms with Crippen molar-refractivity contribution in [1.82, 2.24) is 29.2 Å². The first-order valence-electron chi connectivity index (χ1n) is 6.48. The van der Waals surface area contributed by atoms with Crippen molar-refractivity contribution >= 4 is 6.47 Å². The maximum atomic E-state index is 8.36. The largest absolute Gasteiger partial charge is 0.483 e. The molecule has 0 aliphatic carbocycles. The minimum atomic E-state index is -0.250. The second-order valence-electron chi connectivity index (χ2n) is 4.89. The summed E-state index contributed by atoms with van der Waals surface area (Å²) in [7, 11) is 6.08. The normalized spacial score (nSPS) is 10.4. The van der Waals surface area contributed by atoms with E-state index in [0.717, 1.165) is 30.4 Å². The molecule has 0 fully saturated rings. The minimum Gasteiger partial charge on any atom is -0.483 e. The van der Waals surface area contributed by atoms with Crippen LogP contribution in [0.1, 0.15) is 23.0 Å². The second kappa shape index (κ2) is 7.53. The Bertz CT molecular complexity index is 589. The molecule has 0 saturated carbocycles. The Morgan fingerprint density at radius 1 is 1.29 bits per heavy atom. The first-order valence-corrected chi connectivity index (χ1v) is 6.48. The quantitative estimate of drug-likeness (QED) is 0.826. The van der Waals surface area contributed by atoms with E-state index in [1.807, 2.05) is 18.5 Å². The molecule has 8 nitrogen and oxygen atoms in total. The summed E-state index contributed by atoms with van der Waals surface area (Å²) in [5.74, 6) is 2.04. The zero-order chi connectivity index (χ0) is 16.0. The topological polar surface area (TPSA) is 89.1 Å². The first kappa shape index (κ1) is 16.8. The highest BCUT2D eigenvalue weighted by Crippen LogP contribution is 2.10. The van der Waals surface area contributed by atoms with Gasteiger partial charge in [0.2, 0.25) is 0 Å². The Labute approximate surface area is 124 Å². The number of carboxylic acid groups (broad SMARTS) is 1. The molecule has 8 heteroatoms. The van der Waals surface area contributed by atoms with Crippen LogP contribution in [0.25, 0.3) is 0 Å². The molecular formula is C13H22N6O2. The van der Waals surface area contributed by atoms with Crippen LogP contribution in [0.2, 0.25) is 0 Å². The van der Waals surface area contributed by atoms with Gasteiger partial charge in [-0.15, -0.1) is 10.2 Å². The number of imidazole rings is 1. The third-order valence-corrected chi connectivity index (χ3v) is 3.34. The van der Waals surface area contributed by atoms with Crippen LogP contribution < -0.4 is 0 Å². The summed E-state index contributed by atoms with van der Waals surface area (Å²) in [5.41, 5.74) is 2.32. The van der Waals surface area contributed by atoms with Gasteiger partial charge in [-0.3, -0.25) is 9.69 Å². The third kappa shape index (κ3) is 4.38. The van der Waals surface area contributed by atoms with Crippen LogP contribution >= 0.6 is 0 Å². The SMILES string of the molecule is Cc1nc(CN(C)Cc2nncn2C)n(C)c1C.O=CO. The van der Waals surface area contributed by atoms with Crippen LogP contribution in [0.3, 0.4) is 0 Å². The highest BCUT2D eigenvalue weighted by Gasteiger charge is 2.11. The van der Waals surface area contributed by atoms with Crippen molar-refractivity contribution in [1.29, 1.82) is 0 Å². The molecule has 2 heterocycles. The molecule has 2 rings (SSSR count). The van der Waals surface area contributed by atoms with Crippen molar-refractivity contribution in [2.24, 2.45) is 14.1 Å². The molecule has 0 spiro atoms. The maximum absolute atomic E-state index is 8.36. The number of carbonyl (C=O) groups is 1. The molecule has 0 aromatic carbocycles. The lowest BCUT2D eigenvalue weighted by atomic mass is 10.4. The Hall–Kier alpha value is -2.22. The van der Waals surface area contributed by atoms with E-state index in [4.69, 9.17) is 9.90 Å². The van der Waals surface area contributed by atoms with Gasteiger partial charge in [-0.25, -0.2) is 4.98 Å². The van der Waals surface area contributed by atoms with Crippen LogP contribution in [-0.2, 0) is 32.0 Å². The van der Waals surface area contributed by atoms with Crippen LogP contribution in [0.5, 0.6) is 0 Å². The van der Waals surface area contributed by atoms with E-state index in [2.05, 4.69) is 45.7 Å². The zero-order valence-electron chi connectivity index (χ0n) is 13.1. The Morgan fingerprint density at radius 3 is 2.29 bits per heavy atom. The fourth-order valence-corrected chi connectivity index (χ4v) is 1.92. The molecule has 1 N–H and O–H groups in total. The smallest absolute Gasteiger partial charge is 0.290 e. The second-order valence-corrected chi connectivity index (χ2v) is 4.89. The summed E-state index contributed by atoms with van der Waals surface area (Å²) >= 11 is 0. The lowest BCUT2D eigenvalue weighted by molar-refractivity contribution is -0.122. The molecule has 116 valence electrons. The lowest BCUT2D eigenvalue weighted by Gasteiger charge is -2.15. The predicted molar refractivity (Wildman–Crippen MR) is 77.5 cm³/mol. The minimum absolute atomic E-state index is 0.250. The fraction of sp³-hybridized carbons (Fsp3) is 0.538. The standard InChI is InChI=1S/C12H20N6.CH2O2/c1-9-10(2)18(5)11(14-9)6-16(3)7-12-15-13-8-17(12)4;2-1-3/h8H,6-7H2,1-5H3;1H,(H,2,3). The molecule has 0 bridgehead atoms.